The summed E-state index contributed by atoms with van der Waals surface area (Å²) in [4.78, 5) is 55.4. The SMILES string of the molecule is CN(C)c1cc(CNC(=O)C2CCCN2)c(O)c2c1C[C@@H]1C[C@@H]3C(N(C)C)C(=O)C(C(N)=O)=C(O)[C@@]3(O)C(=O)C1=C2O. The normalized spacial score (nSPS) is 28.9. The number of fused-ring (bicyclic) bond motifs is 3. The minimum absolute atomic E-state index is 0.00555. The predicted molar refractivity (Wildman–Crippen MR) is 151 cm³/mol. The smallest absolute Gasteiger partial charge is 0.255 e. The topological polar surface area (TPSA) is 206 Å². The van der Waals surface area contributed by atoms with Crippen LogP contribution in [0, 0.1) is 11.8 Å². The number of rotatable bonds is 6. The third-order valence-electron chi connectivity index (χ3n) is 9.09. The fraction of sp³-hybridized carbons (Fsp3) is 0.517. The van der Waals surface area contributed by atoms with Crippen LogP contribution in [0.4, 0.5) is 5.69 Å². The monoisotopic (exact) mass is 583 g/mol. The lowest BCUT2D eigenvalue weighted by molar-refractivity contribution is -0.153. The summed E-state index contributed by atoms with van der Waals surface area (Å²) in [5.74, 6) is -7.23. The molecule has 226 valence electrons. The van der Waals surface area contributed by atoms with Crippen LogP contribution in [0.25, 0.3) is 5.76 Å². The Balaban J connectivity index is 1.63. The van der Waals surface area contributed by atoms with Crippen LogP contribution in [0.2, 0.25) is 0 Å². The molecular formula is C29H37N5O8. The number of nitrogens with two attached hydrogens (primary N) is 1. The lowest BCUT2D eigenvalue weighted by Crippen LogP contribution is -2.65. The van der Waals surface area contributed by atoms with Crippen molar-refractivity contribution in [2.75, 3.05) is 39.6 Å². The summed E-state index contributed by atoms with van der Waals surface area (Å²) in [5, 5.41) is 51.7. The summed E-state index contributed by atoms with van der Waals surface area (Å²) in [6.07, 6.45) is 1.76. The van der Waals surface area contributed by atoms with Gasteiger partial charge >= 0.3 is 0 Å². The van der Waals surface area contributed by atoms with E-state index in [1.54, 1.807) is 39.2 Å². The van der Waals surface area contributed by atoms with E-state index in [0.29, 0.717) is 23.2 Å². The van der Waals surface area contributed by atoms with E-state index in [2.05, 4.69) is 10.6 Å². The number of nitrogens with one attached hydrogen (secondary N) is 2. The van der Waals surface area contributed by atoms with Gasteiger partial charge in [-0.3, -0.25) is 24.1 Å². The van der Waals surface area contributed by atoms with E-state index in [1.807, 2.05) is 0 Å². The maximum Gasteiger partial charge on any atom is 0.255 e. The first-order chi connectivity index (χ1) is 19.7. The fourth-order valence-electron chi connectivity index (χ4n) is 7.09. The zero-order chi connectivity index (χ0) is 30.8. The highest BCUT2D eigenvalue weighted by atomic mass is 16.3. The van der Waals surface area contributed by atoms with Gasteiger partial charge in [-0.05, 0) is 63.9 Å². The van der Waals surface area contributed by atoms with Gasteiger partial charge in [-0.2, -0.15) is 0 Å². The van der Waals surface area contributed by atoms with Gasteiger partial charge in [-0.25, -0.2) is 0 Å². The number of hydrogen-bond acceptors (Lipinski definition) is 11. The number of Topliss-reactive ketones (excluding diaryl/α,β-unsaturated/α-hetero) is 2. The molecule has 13 nitrogen and oxygen atoms in total. The Labute approximate surface area is 242 Å². The van der Waals surface area contributed by atoms with Crippen molar-refractivity contribution < 1.29 is 39.6 Å². The minimum atomic E-state index is -2.70. The molecule has 1 aromatic rings. The average molecular weight is 584 g/mol. The molecule has 1 heterocycles. The molecule has 1 aliphatic heterocycles. The molecule has 2 amide bonds. The Hall–Kier alpha value is -3.94. The first-order valence-electron chi connectivity index (χ1n) is 13.9. The van der Waals surface area contributed by atoms with Crippen molar-refractivity contribution in [1.29, 1.82) is 0 Å². The summed E-state index contributed by atoms with van der Waals surface area (Å²) in [7, 11) is 6.68. The number of aliphatic hydroxyl groups excluding tert-OH is 2. The van der Waals surface area contributed by atoms with Gasteiger partial charge in [0.25, 0.3) is 5.91 Å². The van der Waals surface area contributed by atoms with Crippen molar-refractivity contribution in [2.45, 2.75) is 49.9 Å². The van der Waals surface area contributed by atoms with Crippen LogP contribution in [0.5, 0.6) is 5.75 Å². The second-order valence-corrected chi connectivity index (χ2v) is 12.0. The van der Waals surface area contributed by atoms with Gasteiger partial charge < -0.3 is 41.7 Å². The number of anilines is 1. The average Bonchev–Trinajstić information content (AvgIpc) is 3.45. The van der Waals surface area contributed by atoms with Crippen LogP contribution >= 0.6 is 0 Å². The number of phenols is 1. The van der Waals surface area contributed by atoms with E-state index in [4.69, 9.17) is 5.73 Å². The highest BCUT2D eigenvalue weighted by Gasteiger charge is 2.64. The fourth-order valence-corrected chi connectivity index (χ4v) is 7.09. The van der Waals surface area contributed by atoms with Crippen molar-refractivity contribution in [3.05, 3.63) is 39.7 Å². The number of nitrogens with zero attached hydrogens (tertiary/aromatic N) is 2. The predicted octanol–water partition coefficient (Wildman–Crippen LogP) is -0.602. The zero-order valence-corrected chi connectivity index (χ0v) is 24.0. The van der Waals surface area contributed by atoms with Crippen LogP contribution in [-0.4, -0.2) is 101 Å². The quantitative estimate of drug-likeness (QED) is 0.211. The van der Waals surface area contributed by atoms with Crippen LogP contribution < -0.4 is 21.3 Å². The second-order valence-electron chi connectivity index (χ2n) is 12.0. The molecule has 0 aromatic heterocycles. The molecule has 0 spiro atoms. The van der Waals surface area contributed by atoms with E-state index in [-0.39, 0.29) is 48.2 Å². The van der Waals surface area contributed by atoms with Crippen molar-refractivity contribution in [3.63, 3.8) is 0 Å². The van der Waals surface area contributed by atoms with Crippen LogP contribution in [0.3, 0.4) is 0 Å². The van der Waals surface area contributed by atoms with E-state index in [0.717, 1.165) is 13.0 Å². The Morgan fingerprint density at radius 1 is 1.17 bits per heavy atom. The van der Waals surface area contributed by atoms with Gasteiger partial charge in [0, 0.05) is 43.4 Å². The van der Waals surface area contributed by atoms with Crippen LogP contribution in [0.15, 0.2) is 23.0 Å². The van der Waals surface area contributed by atoms with Crippen LogP contribution in [0.1, 0.15) is 36.0 Å². The van der Waals surface area contributed by atoms with Gasteiger partial charge in [0.2, 0.25) is 11.7 Å². The number of phenolic OH excluding ortho intramolecular Hbond substituents is 1. The third-order valence-corrected chi connectivity index (χ3v) is 9.09. The van der Waals surface area contributed by atoms with E-state index < -0.39 is 58.0 Å². The summed E-state index contributed by atoms with van der Waals surface area (Å²) in [6, 6.07) is 0.239. The van der Waals surface area contributed by atoms with E-state index in [9.17, 15) is 39.6 Å². The molecule has 1 saturated carbocycles. The van der Waals surface area contributed by atoms with Gasteiger partial charge in [0.1, 0.15) is 22.8 Å². The van der Waals surface area contributed by atoms with E-state index in [1.165, 1.54) is 4.90 Å². The second kappa shape index (κ2) is 10.4. The number of likely N-dealkylation sites (N-methyl/N-ethyl adjacent to an activating group) is 1. The summed E-state index contributed by atoms with van der Waals surface area (Å²) < 4.78 is 0. The van der Waals surface area contributed by atoms with Gasteiger partial charge in [-0.1, -0.05) is 0 Å². The summed E-state index contributed by atoms with van der Waals surface area (Å²) in [6.45, 7) is 0.701. The molecule has 5 rings (SSSR count). The number of benzene rings is 1. The van der Waals surface area contributed by atoms with Crippen LogP contribution in [-0.2, 0) is 32.1 Å². The third kappa shape index (κ3) is 4.26. The van der Waals surface area contributed by atoms with Crippen molar-refractivity contribution in [2.24, 2.45) is 17.6 Å². The Kier molecular flexibility index (Phi) is 7.32. The molecule has 0 bridgehead atoms. The molecular weight excluding hydrogens is 546 g/mol. The number of primary amides is 1. The largest absolute Gasteiger partial charge is 0.508 e. The first kappa shape index (κ1) is 29.5. The highest BCUT2D eigenvalue weighted by Crippen LogP contribution is 2.54. The van der Waals surface area contributed by atoms with Crippen molar-refractivity contribution in [1.82, 2.24) is 15.5 Å². The van der Waals surface area contributed by atoms with Crippen molar-refractivity contribution >= 4 is 34.8 Å². The Morgan fingerprint density at radius 3 is 2.43 bits per heavy atom. The maximum absolute atomic E-state index is 14.1. The Morgan fingerprint density at radius 2 is 1.86 bits per heavy atom. The molecule has 13 heteroatoms. The molecule has 8 N–H and O–H groups in total. The number of ketones is 2. The zero-order valence-electron chi connectivity index (χ0n) is 24.0. The number of carbonyl (C=O) groups is 4. The molecule has 0 radical (unpaired) electrons. The molecule has 1 aromatic carbocycles. The number of hydrogen-bond donors (Lipinski definition) is 7. The van der Waals surface area contributed by atoms with Gasteiger partial charge in [0.05, 0.1) is 17.6 Å². The number of aromatic hydroxyl groups is 1. The Bertz CT molecular complexity index is 1460. The molecule has 5 atom stereocenters. The highest BCUT2D eigenvalue weighted by molar-refractivity contribution is 6.24. The van der Waals surface area contributed by atoms with E-state index >= 15 is 0 Å². The molecule has 2 fully saturated rings. The number of carbonyl (C=O) groups excluding carboxylic acids is 4. The molecule has 1 saturated heterocycles. The standard InChI is InChI=1S/C29H37N5O8/c1-33(2)17-10-13(11-32-28(41)16-6-5-7-31-16)22(35)19-14(17)8-12-9-15-21(34(3)4)24(37)20(27(30)40)26(39)29(15,42)25(38)18(12)23(19)36/h10,12,15-16,21,31,35-36,39,42H,5-9,11H2,1-4H3,(H2,30,40)(H,32,41)/t12-,15-,16?,21?,29+/m1/s1. The molecule has 42 heavy (non-hydrogen) atoms. The molecule has 4 aliphatic rings. The molecule has 2 unspecified atom stereocenters. The lowest BCUT2D eigenvalue weighted by Gasteiger charge is -2.50. The minimum Gasteiger partial charge on any atom is -0.508 e. The summed E-state index contributed by atoms with van der Waals surface area (Å²) in [5.41, 5.74) is 3.09. The van der Waals surface area contributed by atoms with Crippen molar-refractivity contribution in [3.8, 4) is 5.75 Å². The maximum atomic E-state index is 14.1. The lowest BCUT2D eigenvalue weighted by atomic mass is 9.57. The first-order valence-corrected chi connectivity index (χ1v) is 13.9. The molecule has 3 aliphatic carbocycles. The van der Waals surface area contributed by atoms with Gasteiger partial charge in [0.15, 0.2) is 11.4 Å². The van der Waals surface area contributed by atoms with Gasteiger partial charge in [-0.15, -0.1) is 0 Å². The number of aliphatic hydroxyl groups is 3. The summed E-state index contributed by atoms with van der Waals surface area (Å²) >= 11 is 0. The number of amides is 2.